The molecule has 1 aromatic carbocycles. The van der Waals surface area contributed by atoms with Crippen molar-refractivity contribution in [3.05, 3.63) is 42.0 Å². The van der Waals surface area contributed by atoms with Gasteiger partial charge in [0.25, 0.3) is 0 Å². The van der Waals surface area contributed by atoms with Crippen LogP contribution in [0.2, 0.25) is 0 Å². The van der Waals surface area contributed by atoms with Crippen LogP contribution in [0.15, 0.2) is 30.9 Å². The monoisotopic (exact) mass is 248 g/mol. The Morgan fingerprint density at radius 2 is 2.17 bits per heavy atom. The second-order valence-electron chi connectivity index (χ2n) is 3.93. The van der Waals surface area contributed by atoms with Crippen LogP contribution in [0.4, 0.5) is 5.69 Å². The molecule has 0 aliphatic rings. The predicted molar refractivity (Wildman–Crippen MR) is 69.7 cm³/mol. The number of benzene rings is 1. The van der Waals surface area contributed by atoms with Crippen molar-refractivity contribution in [2.24, 2.45) is 5.73 Å². The Kier molecular flexibility index (Phi) is 4.48. The van der Waals surface area contributed by atoms with Crippen LogP contribution < -0.4 is 10.6 Å². The number of primary amides is 1. The van der Waals surface area contributed by atoms with Gasteiger partial charge in [-0.15, -0.1) is 6.58 Å². The van der Waals surface area contributed by atoms with E-state index in [1.54, 1.807) is 36.1 Å². The van der Waals surface area contributed by atoms with Gasteiger partial charge in [-0.3, -0.25) is 9.59 Å². The van der Waals surface area contributed by atoms with Crippen molar-refractivity contribution in [2.75, 3.05) is 18.0 Å². The normalized spacial score (nSPS) is 9.83. The maximum atomic E-state index is 11.1. The minimum atomic E-state index is -0.923. The van der Waals surface area contributed by atoms with Gasteiger partial charge in [-0.1, -0.05) is 6.08 Å². The van der Waals surface area contributed by atoms with Crippen molar-refractivity contribution in [1.29, 1.82) is 0 Å². The third kappa shape index (κ3) is 3.35. The fourth-order valence-electron chi connectivity index (χ4n) is 1.70. The highest BCUT2D eigenvalue weighted by Crippen LogP contribution is 2.19. The van der Waals surface area contributed by atoms with Crippen LogP contribution in [-0.2, 0) is 4.79 Å². The summed E-state index contributed by atoms with van der Waals surface area (Å²) < 4.78 is 0. The number of carboxylic acids is 1. The molecule has 0 spiro atoms. The smallest absolute Gasteiger partial charge is 0.323 e. The van der Waals surface area contributed by atoms with E-state index in [-0.39, 0.29) is 6.54 Å². The molecule has 0 saturated carbocycles. The molecule has 0 saturated heterocycles. The zero-order chi connectivity index (χ0) is 13.7. The molecule has 0 heterocycles. The van der Waals surface area contributed by atoms with Gasteiger partial charge in [0.1, 0.15) is 6.54 Å². The minimum absolute atomic E-state index is 0.124. The molecule has 0 bridgehead atoms. The fraction of sp³-hybridized carbons (Fsp3) is 0.231. The Bertz CT molecular complexity index is 483. The zero-order valence-corrected chi connectivity index (χ0v) is 10.2. The summed E-state index contributed by atoms with van der Waals surface area (Å²) >= 11 is 0. The number of nitrogens with two attached hydrogens (primary N) is 1. The van der Waals surface area contributed by atoms with Gasteiger partial charge < -0.3 is 15.7 Å². The molecule has 0 fully saturated rings. The van der Waals surface area contributed by atoms with E-state index >= 15 is 0 Å². The van der Waals surface area contributed by atoms with Crippen LogP contribution in [0.1, 0.15) is 15.9 Å². The average molecular weight is 248 g/mol. The van der Waals surface area contributed by atoms with Gasteiger partial charge in [-0.25, -0.2) is 0 Å². The van der Waals surface area contributed by atoms with E-state index in [0.717, 1.165) is 11.3 Å². The molecule has 0 aliphatic carbocycles. The Hall–Kier alpha value is -2.30. The molecule has 3 N–H and O–H groups in total. The average Bonchev–Trinajstić information content (AvgIpc) is 2.27. The van der Waals surface area contributed by atoms with Crippen molar-refractivity contribution >= 4 is 17.6 Å². The number of hydrogen-bond donors (Lipinski definition) is 2. The van der Waals surface area contributed by atoms with E-state index in [0.29, 0.717) is 12.1 Å². The van der Waals surface area contributed by atoms with Gasteiger partial charge in [-0.2, -0.15) is 0 Å². The molecule has 1 amide bonds. The highest BCUT2D eigenvalue weighted by Gasteiger charge is 2.12. The topological polar surface area (TPSA) is 83.6 Å². The van der Waals surface area contributed by atoms with Crippen molar-refractivity contribution in [1.82, 2.24) is 0 Å². The number of hydrogen-bond acceptors (Lipinski definition) is 3. The molecule has 0 aromatic heterocycles. The van der Waals surface area contributed by atoms with Crippen LogP contribution in [0.5, 0.6) is 0 Å². The summed E-state index contributed by atoms with van der Waals surface area (Å²) in [7, 11) is 0. The first-order valence-corrected chi connectivity index (χ1v) is 5.43. The highest BCUT2D eigenvalue weighted by molar-refractivity contribution is 5.94. The van der Waals surface area contributed by atoms with E-state index in [1.165, 1.54) is 0 Å². The number of anilines is 1. The Balaban J connectivity index is 3.06. The first-order chi connectivity index (χ1) is 8.45. The summed E-state index contributed by atoms with van der Waals surface area (Å²) in [5, 5.41) is 8.83. The van der Waals surface area contributed by atoms with Crippen molar-refractivity contribution < 1.29 is 14.7 Å². The van der Waals surface area contributed by atoms with Gasteiger partial charge in [0.05, 0.1) is 0 Å². The van der Waals surface area contributed by atoms with Crippen molar-refractivity contribution in [3.63, 3.8) is 0 Å². The summed E-state index contributed by atoms with van der Waals surface area (Å²) in [5.41, 5.74) is 7.10. The van der Waals surface area contributed by atoms with Crippen LogP contribution in [0, 0.1) is 6.92 Å². The van der Waals surface area contributed by atoms with Gasteiger partial charge in [0.2, 0.25) is 5.91 Å². The number of amides is 1. The summed E-state index contributed by atoms with van der Waals surface area (Å²) in [6, 6.07) is 5.02. The largest absolute Gasteiger partial charge is 0.480 e. The Labute approximate surface area is 106 Å². The molecule has 0 unspecified atom stereocenters. The number of rotatable bonds is 6. The van der Waals surface area contributed by atoms with Crippen LogP contribution in [0.3, 0.4) is 0 Å². The van der Waals surface area contributed by atoms with Gasteiger partial charge >= 0.3 is 5.97 Å². The van der Waals surface area contributed by atoms with E-state index in [1.807, 2.05) is 0 Å². The molecule has 5 heteroatoms. The van der Waals surface area contributed by atoms with Gasteiger partial charge in [0.15, 0.2) is 0 Å². The molecule has 96 valence electrons. The Morgan fingerprint density at radius 3 is 2.61 bits per heavy atom. The molecule has 0 atom stereocenters. The maximum absolute atomic E-state index is 11.1. The molecular weight excluding hydrogens is 232 g/mol. The summed E-state index contributed by atoms with van der Waals surface area (Å²) in [6.45, 7) is 5.65. The second-order valence-corrected chi connectivity index (χ2v) is 3.93. The summed E-state index contributed by atoms with van der Waals surface area (Å²) in [4.78, 5) is 23.5. The second kappa shape index (κ2) is 5.86. The third-order valence-electron chi connectivity index (χ3n) is 2.52. The SMILES string of the molecule is C=CCN(CC(=O)O)c1ccc(C(N)=O)c(C)c1. The fourth-order valence-corrected chi connectivity index (χ4v) is 1.70. The number of aryl methyl sites for hydroxylation is 1. The molecule has 0 radical (unpaired) electrons. The van der Waals surface area contributed by atoms with E-state index < -0.39 is 11.9 Å². The summed E-state index contributed by atoms with van der Waals surface area (Å²) in [5.74, 6) is -1.42. The Morgan fingerprint density at radius 1 is 1.50 bits per heavy atom. The minimum Gasteiger partial charge on any atom is -0.480 e. The number of carbonyl (C=O) groups excluding carboxylic acids is 1. The quantitative estimate of drug-likeness (QED) is 0.740. The van der Waals surface area contributed by atoms with Gasteiger partial charge in [-0.05, 0) is 30.7 Å². The third-order valence-corrected chi connectivity index (χ3v) is 2.52. The van der Waals surface area contributed by atoms with Crippen LogP contribution in [0.25, 0.3) is 0 Å². The van der Waals surface area contributed by atoms with E-state index in [4.69, 9.17) is 10.8 Å². The van der Waals surface area contributed by atoms with Crippen molar-refractivity contribution in [2.45, 2.75) is 6.92 Å². The molecule has 1 aromatic rings. The van der Waals surface area contributed by atoms with Crippen molar-refractivity contribution in [3.8, 4) is 0 Å². The van der Waals surface area contributed by atoms with Gasteiger partial charge in [0, 0.05) is 17.8 Å². The highest BCUT2D eigenvalue weighted by atomic mass is 16.4. The first kappa shape index (κ1) is 13.8. The lowest BCUT2D eigenvalue weighted by Crippen LogP contribution is -2.29. The van der Waals surface area contributed by atoms with Crippen LogP contribution in [-0.4, -0.2) is 30.1 Å². The lowest BCUT2D eigenvalue weighted by atomic mass is 10.1. The molecule has 0 aliphatic heterocycles. The van der Waals surface area contributed by atoms with E-state index in [2.05, 4.69) is 6.58 Å². The molecule has 1 rings (SSSR count). The number of carboxylic acid groups (broad SMARTS) is 1. The van der Waals surface area contributed by atoms with Crippen LogP contribution >= 0.6 is 0 Å². The number of aliphatic carboxylic acids is 1. The number of carbonyl (C=O) groups is 2. The predicted octanol–water partition coefficient (Wildman–Crippen LogP) is 1.17. The molecular formula is C13H16N2O3. The number of nitrogens with zero attached hydrogens (tertiary/aromatic N) is 1. The molecule has 5 nitrogen and oxygen atoms in total. The summed E-state index contributed by atoms with van der Waals surface area (Å²) in [6.07, 6.45) is 1.63. The zero-order valence-electron chi connectivity index (χ0n) is 10.2. The standard InChI is InChI=1S/C13H16N2O3/c1-3-6-15(8-12(16)17)10-4-5-11(13(14)18)9(2)7-10/h3-5,7H,1,6,8H2,2H3,(H2,14,18)(H,16,17). The van der Waals surface area contributed by atoms with E-state index in [9.17, 15) is 9.59 Å². The molecule has 18 heavy (non-hydrogen) atoms. The lowest BCUT2D eigenvalue weighted by Gasteiger charge is -2.22. The lowest BCUT2D eigenvalue weighted by molar-refractivity contribution is -0.135. The maximum Gasteiger partial charge on any atom is 0.323 e. The first-order valence-electron chi connectivity index (χ1n) is 5.43.